The van der Waals surface area contributed by atoms with Gasteiger partial charge in [-0.1, -0.05) is 76.9 Å². The summed E-state index contributed by atoms with van der Waals surface area (Å²) in [6.45, 7) is 2.81. The van der Waals surface area contributed by atoms with Gasteiger partial charge in [0.15, 0.2) is 0 Å². The normalized spacial score (nSPS) is 21.4. The summed E-state index contributed by atoms with van der Waals surface area (Å²) in [4.78, 5) is 19.1. The van der Waals surface area contributed by atoms with Gasteiger partial charge in [-0.3, -0.25) is 4.57 Å². The van der Waals surface area contributed by atoms with Gasteiger partial charge in [-0.05, 0) is 32.1 Å². The van der Waals surface area contributed by atoms with Crippen molar-refractivity contribution in [2.75, 3.05) is 19.8 Å². The number of phosphoric ester groups is 1. The van der Waals surface area contributed by atoms with Crippen LogP contribution in [0.5, 0.6) is 0 Å². The van der Waals surface area contributed by atoms with Crippen molar-refractivity contribution >= 4 is 7.82 Å². The Morgan fingerprint density at radius 3 is 1.93 bits per heavy atom. The summed E-state index contributed by atoms with van der Waals surface area (Å²) in [6.07, 6.45) is 22.1. The molecule has 0 aromatic rings. The van der Waals surface area contributed by atoms with E-state index >= 15 is 0 Å². The molecule has 172 valence electrons. The fourth-order valence-corrected chi connectivity index (χ4v) is 3.82. The van der Waals surface area contributed by atoms with Gasteiger partial charge in [0.05, 0.1) is 25.9 Å². The average molecular weight is 457 g/mol. The van der Waals surface area contributed by atoms with Gasteiger partial charge in [-0.25, -0.2) is 0 Å². The van der Waals surface area contributed by atoms with Gasteiger partial charge in [0.2, 0.25) is 0 Å². The molecule has 0 amide bonds. The fraction of sp³-hybridized carbons (Fsp3) is 0.909. The first-order chi connectivity index (χ1) is 14.0. The second-order valence-corrected chi connectivity index (χ2v) is 9.24. The maximum absolute atomic E-state index is 10.6. The molecule has 0 bridgehead atoms. The number of hydrogen-bond donors (Lipinski definition) is 1. The van der Waals surface area contributed by atoms with Crippen molar-refractivity contribution in [1.82, 2.24) is 0 Å². The van der Waals surface area contributed by atoms with E-state index < -0.39 is 13.9 Å². The first-order valence-corrected chi connectivity index (χ1v) is 13.1. The van der Waals surface area contributed by atoms with Gasteiger partial charge in [0.1, 0.15) is 6.10 Å². The van der Waals surface area contributed by atoms with Crippen LogP contribution in [0.2, 0.25) is 0 Å². The molecule has 0 saturated carbocycles. The molecule has 1 aliphatic rings. The van der Waals surface area contributed by atoms with Crippen LogP contribution in [0, 0.1) is 0 Å². The van der Waals surface area contributed by atoms with Crippen LogP contribution in [-0.2, 0) is 18.6 Å². The summed E-state index contributed by atoms with van der Waals surface area (Å²) in [5, 5.41) is 0. The zero-order valence-electron chi connectivity index (χ0n) is 19.3. The van der Waals surface area contributed by atoms with E-state index in [4.69, 9.17) is 14.4 Å². The van der Waals surface area contributed by atoms with Crippen molar-refractivity contribution < 1.29 is 57.9 Å². The molecule has 1 rings (SSSR count). The van der Waals surface area contributed by atoms with Crippen molar-refractivity contribution in [3.63, 3.8) is 0 Å². The van der Waals surface area contributed by atoms with Gasteiger partial charge in [-0.2, -0.15) is 0 Å². The molecule has 0 radical (unpaired) electrons. The monoisotopic (exact) mass is 456 g/mol. The molecule has 1 N–H and O–H groups in total. The fourth-order valence-electron chi connectivity index (χ4n) is 3.47. The number of allylic oxidation sites excluding steroid dienone is 2. The van der Waals surface area contributed by atoms with Crippen LogP contribution in [-0.4, -0.2) is 36.9 Å². The van der Waals surface area contributed by atoms with Crippen molar-refractivity contribution in [3.05, 3.63) is 12.2 Å². The number of phosphoric acid groups is 1. The standard InChI is InChI=1S/C22H43O6P.Na/c1-2-3-4-5-6-7-8-9-10-11-12-13-14-15-16-17-21-18-27-22(19-26-21)20-28-29(23,24)25;/h9-10,21-22H,2-8,11-20H2,1H3,(H2,23,24,25);/q;+1/p-1/b10-9+;. The Balaban J connectivity index is 0.00000841. The molecule has 6 nitrogen and oxygen atoms in total. The molecular formula is C22H42NaO6P. The topological polar surface area (TPSA) is 88.1 Å². The van der Waals surface area contributed by atoms with Gasteiger partial charge in [0.25, 0.3) is 7.82 Å². The zero-order chi connectivity index (χ0) is 21.2. The number of ether oxygens (including phenoxy) is 2. The third kappa shape index (κ3) is 19.5. The third-order valence-corrected chi connectivity index (χ3v) is 5.72. The summed E-state index contributed by atoms with van der Waals surface area (Å²) in [5.41, 5.74) is 0. The Morgan fingerprint density at radius 2 is 1.40 bits per heavy atom. The van der Waals surface area contributed by atoms with Gasteiger partial charge < -0.3 is 23.8 Å². The molecule has 1 aliphatic heterocycles. The molecule has 3 atom stereocenters. The Morgan fingerprint density at radius 1 is 0.900 bits per heavy atom. The van der Waals surface area contributed by atoms with Crippen molar-refractivity contribution in [3.8, 4) is 0 Å². The predicted molar refractivity (Wildman–Crippen MR) is 115 cm³/mol. The first-order valence-electron chi connectivity index (χ1n) is 11.6. The van der Waals surface area contributed by atoms with E-state index in [1.807, 2.05) is 0 Å². The molecule has 1 heterocycles. The maximum atomic E-state index is 10.6. The van der Waals surface area contributed by atoms with E-state index in [1.165, 1.54) is 77.0 Å². The Bertz CT molecular complexity index is 449. The van der Waals surface area contributed by atoms with Gasteiger partial charge in [0, 0.05) is 0 Å². The Labute approximate surface area is 206 Å². The second kappa shape index (κ2) is 20.4. The van der Waals surface area contributed by atoms with E-state index in [2.05, 4.69) is 23.6 Å². The van der Waals surface area contributed by atoms with E-state index in [9.17, 15) is 9.46 Å². The van der Waals surface area contributed by atoms with Gasteiger partial charge in [-0.15, -0.1) is 0 Å². The molecule has 0 aliphatic carbocycles. The quantitative estimate of drug-likeness (QED) is 0.147. The molecule has 0 spiro atoms. The Hall–Kier alpha value is 0.770. The number of unbranched alkanes of at least 4 members (excludes halogenated alkanes) is 11. The molecule has 0 aromatic heterocycles. The minimum Gasteiger partial charge on any atom is -0.756 e. The van der Waals surface area contributed by atoms with Crippen LogP contribution >= 0.6 is 7.82 Å². The van der Waals surface area contributed by atoms with Gasteiger partial charge >= 0.3 is 29.6 Å². The minimum absolute atomic E-state index is 0. The van der Waals surface area contributed by atoms with Crippen LogP contribution < -0.4 is 34.5 Å². The zero-order valence-corrected chi connectivity index (χ0v) is 22.2. The van der Waals surface area contributed by atoms with Crippen LogP contribution in [0.1, 0.15) is 96.8 Å². The summed E-state index contributed by atoms with van der Waals surface area (Å²) in [7, 11) is -4.68. The molecule has 1 fully saturated rings. The van der Waals surface area contributed by atoms with Crippen LogP contribution in [0.4, 0.5) is 0 Å². The molecule has 8 heteroatoms. The summed E-state index contributed by atoms with van der Waals surface area (Å²) < 4.78 is 26.1. The molecule has 1 saturated heterocycles. The first kappa shape index (κ1) is 30.8. The summed E-state index contributed by atoms with van der Waals surface area (Å²) in [6, 6.07) is 0. The van der Waals surface area contributed by atoms with Crippen LogP contribution in [0.15, 0.2) is 12.2 Å². The van der Waals surface area contributed by atoms with E-state index in [0.717, 1.165) is 12.8 Å². The largest absolute Gasteiger partial charge is 1.00 e. The van der Waals surface area contributed by atoms with Crippen LogP contribution in [0.25, 0.3) is 0 Å². The predicted octanol–water partition coefficient (Wildman–Crippen LogP) is 2.29. The summed E-state index contributed by atoms with van der Waals surface area (Å²) >= 11 is 0. The maximum Gasteiger partial charge on any atom is 1.00 e. The van der Waals surface area contributed by atoms with Crippen LogP contribution in [0.3, 0.4) is 0 Å². The third-order valence-electron chi connectivity index (χ3n) is 5.25. The number of hydrogen-bond acceptors (Lipinski definition) is 5. The van der Waals surface area contributed by atoms with E-state index in [0.29, 0.717) is 13.2 Å². The van der Waals surface area contributed by atoms with Crippen molar-refractivity contribution in [2.24, 2.45) is 0 Å². The molecule has 3 unspecified atom stereocenters. The van der Waals surface area contributed by atoms with Crippen molar-refractivity contribution in [2.45, 2.75) is 109 Å². The smallest absolute Gasteiger partial charge is 0.756 e. The van der Waals surface area contributed by atoms with Crippen molar-refractivity contribution in [1.29, 1.82) is 0 Å². The molecular weight excluding hydrogens is 414 g/mol. The van der Waals surface area contributed by atoms with E-state index in [-0.39, 0.29) is 42.3 Å². The minimum atomic E-state index is -4.68. The summed E-state index contributed by atoms with van der Waals surface area (Å²) in [5.74, 6) is 0. The molecule has 0 aromatic carbocycles. The Kier molecular flexibility index (Phi) is 20.9. The van der Waals surface area contributed by atoms with E-state index in [1.54, 1.807) is 0 Å². The molecule has 30 heavy (non-hydrogen) atoms. The SMILES string of the molecule is CCCCCCCC/C=C/CCCCCCCC1COC(COP(=O)([O-])O)CO1.[Na+]. The second-order valence-electron chi connectivity index (χ2n) is 8.05. The average Bonchev–Trinajstić information content (AvgIpc) is 2.69. The number of rotatable bonds is 18.